The number of rotatable bonds is 4. The Morgan fingerprint density at radius 3 is 2.18 bits per heavy atom. The maximum atomic E-state index is 12.6. The highest BCUT2D eigenvalue weighted by Crippen LogP contribution is 2.23. The maximum absolute atomic E-state index is 12.6. The molecule has 1 aromatic heterocycles. The molecule has 6 nitrogen and oxygen atoms in total. The van der Waals surface area contributed by atoms with Gasteiger partial charge in [-0.1, -0.05) is 52.0 Å². The Morgan fingerprint density at radius 2 is 1.59 bits per heavy atom. The number of aryl methyl sites for hydroxylation is 2. The minimum Gasteiger partial charge on any atom is -0.332 e. The summed E-state index contributed by atoms with van der Waals surface area (Å²) in [6.45, 7) is 10.5. The molecule has 34 heavy (non-hydrogen) atoms. The van der Waals surface area contributed by atoms with Gasteiger partial charge in [0.05, 0.1) is 5.69 Å². The summed E-state index contributed by atoms with van der Waals surface area (Å²) in [5, 5.41) is 15.3. The third kappa shape index (κ3) is 5.15. The molecular formula is C27H29N5OS. The normalized spacial score (nSPS) is 11.4. The molecule has 0 bridgehead atoms. The first-order valence-corrected chi connectivity index (χ1v) is 11.7. The SMILES string of the molecule is CCc1ccc(-n2nc3cc(C)c(NC(=S)NC(=O)c4ccc(C(C)(C)C)cc4)cc3n2)cc1. The van der Waals surface area contributed by atoms with E-state index < -0.39 is 0 Å². The smallest absolute Gasteiger partial charge is 0.257 e. The van der Waals surface area contributed by atoms with E-state index >= 15 is 0 Å². The Bertz CT molecular complexity index is 1350. The van der Waals surface area contributed by atoms with E-state index in [2.05, 4.69) is 60.7 Å². The molecule has 0 saturated heterocycles. The van der Waals surface area contributed by atoms with Gasteiger partial charge in [0, 0.05) is 11.3 Å². The van der Waals surface area contributed by atoms with Crippen molar-refractivity contribution >= 4 is 40.0 Å². The first-order valence-electron chi connectivity index (χ1n) is 11.3. The second-order valence-electron chi connectivity index (χ2n) is 9.40. The maximum Gasteiger partial charge on any atom is 0.257 e. The van der Waals surface area contributed by atoms with E-state index in [0.29, 0.717) is 5.56 Å². The molecule has 1 amide bonds. The number of benzene rings is 3. The molecule has 174 valence electrons. The van der Waals surface area contributed by atoms with Crippen molar-refractivity contribution in [3.63, 3.8) is 0 Å². The number of aromatic nitrogens is 3. The Balaban J connectivity index is 1.48. The van der Waals surface area contributed by atoms with Crippen molar-refractivity contribution in [2.75, 3.05) is 5.32 Å². The van der Waals surface area contributed by atoms with Gasteiger partial charge in [0.1, 0.15) is 11.0 Å². The molecule has 0 aliphatic heterocycles. The summed E-state index contributed by atoms with van der Waals surface area (Å²) < 4.78 is 0. The fourth-order valence-electron chi connectivity index (χ4n) is 3.63. The van der Waals surface area contributed by atoms with Gasteiger partial charge in [-0.25, -0.2) is 0 Å². The Labute approximate surface area is 205 Å². The van der Waals surface area contributed by atoms with Crippen LogP contribution in [-0.2, 0) is 11.8 Å². The Hall–Kier alpha value is -3.58. The van der Waals surface area contributed by atoms with E-state index in [1.807, 2.05) is 55.5 Å². The predicted octanol–water partition coefficient (Wildman–Crippen LogP) is 5.72. The van der Waals surface area contributed by atoms with E-state index in [0.717, 1.165) is 34.4 Å². The summed E-state index contributed by atoms with van der Waals surface area (Å²) in [5.74, 6) is -0.252. The van der Waals surface area contributed by atoms with Crippen LogP contribution in [0, 0.1) is 6.92 Å². The van der Waals surface area contributed by atoms with Crippen LogP contribution in [0.15, 0.2) is 60.7 Å². The van der Waals surface area contributed by atoms with Gasteiger partial charge >= 0.3 is 0 Å². The van der Waals surface area contributed by atoms with Gasteiger partial charge in [-0.3, -0.25) is 10.1 Å². The fourth-order valence-corrected chi connectivity index (χ4v) is 3.84. The van der Waals surface area contributed by atoms with Crippen molar-refractivity contribution in [2.45, 2.75) is 46.5 Å². The van der Waals surface area contributed by atoms with Crippen LogP contribution in [-0.4, -0.2) is 26.0 Å². The highest BCUT2D eigenvalue weighted by atomic mass is 32.1. The van der Waals surface area contributed by atoms with Crippen molar-refractivity contribution in [3.05, 3.63) is 82.9 Å². The molecule has 4 aromatic rings. The number of nitrogens with one attached hydrogen (secondary N) is 2. The number of amides is 1. The van der Waals surface area contributed by atoms with Crippen LogP contribution in [0.1, 0.15) is 54.7 Å². The highest BCUT2D eigenvalue weighted by Gasteiger charge is 2.15. The van der Waals surface area contributed by atoms with E-state index in [1.165, 1.54) is 11.1 Å². The number of hydrogen-bond donors (Lipinski definition) is 2. The summed E-state index contributed by atoms with van der Waals surface area (Å²) in [6, 6.07) is 19.6. The molecular weight excluding hydrogens is 442 g/mol. The van der Waals surface area contributed by atoms with Gasteiger partial charge in [0.2, 0.25) is 0 Å². The third-order valence-corrected chi connectivity index (χ3v) is 5.99. The van der Waals surface area contributed by atoms with Gasteiger partial charge in [-0.05, 0) is 84.1 Å². The lowest BCUT2D eigenvalue weighted by molar-refractivity contribution is 0.0977. The van der Waals surface area contributed by atoms with Gasteiger partial charge in [-0.2, -0.15) is 4.80 Å². The van der Waals surface area contributed by atoms with Crippen LogP contribution in [0.3, 0.4) is 0 Å². The van der Waals surface area contributed by atoms with Gasteiger partial charge in [0.25, 0.3) is 5.91 Å². The van der Waals surface area contributed by atoms with Crippen LogP contribution in [0.25, 0.3) is 16.7 Å². The number of nitrogens with zero attached hydrogens (tertiary/aromatic N) is 3. The standard InChI is InChI=1S/C27H29N5OS/c1-6-18-7-13-21(14-8-18)32-30-23-15-17(2)22(16-24(23)31-32)28-26(34)29-25(33)19-9-11-20(12-10-19)27(3,4)5/h7-16H,6H2,1-5H3,(H2,28,29,33,34). The van der Waals surface area contributed by atoms with Gasteiger partial charge < -0.3 is 5.32 Å². The molecule has 3 aromatic carbocycles. The van der Waals surface area contributed by atoms with Crippen molar-refractivity contribution in [3.8, 4) is 5.69 Å². The highest BCUT2D eigenvalue weighted by molar-refractivity contribution is 7.80. The molecule has 0 spiro atoms. The average molecular weight is 472 g/mol. The molecule has 0 aliphatic rings. The first kappa shape index (κ1) is 23.6. The lowest BCUT2D eigenvalue weighted by atomic mass is 9.87. The predicted molar refractivity (Wildman–Crippen MR) is 142 cm³/mol. The van der Waals surface area contributed by atoms with E-state index in [1.54, 1.807) is 4.80 Å². The molecule has 1 heterocycles. The van der Waals surface area contributed by atoms with Gasteiger partial charge in [0.15, 0.2) is 5.11 Å². The van der Waals surface area contributed by atoms with Gasteiger partial charge in [-0.15, -0.1) is 10.2 Å². The van der Waals surface area contributed by atoms with Crippen molar-refractivity contribution < 1.29 is 4.79 Å². The zero-order valence-electron chi connectivity index (χ0n) is 20.1. The zero-order chi connectivity index (χ0) is 24.5. The number of fused-ring (bicyclic) bond motifs is 1. The Kier molecular flexibility index (Phi) is 6.48. The molecule has 0 atom stereocenters. The van der Waals surface area contributed by atoms with Crippen LogP contribution >= 0.6 is 12.2 Å². The molecule has 7 heteroatoms. The Morgan fingerprint density at radius 1 is 0.971 bits per heavy atom. The minimum absolute atomic E-state index is 0.0306. The van der Waals surface area contributed by atoms with Crippen molar-refractivity contribution in [1.82, 2.24) is 20.3 Å². The lowest BCUT2D eigenvalue weighted by Crippen LogP contribution is -2.34. The molecule has 4 rings (SSSR count). The average Bonchev–Trinajstić information content (AvgIpc) is 3.21. The quantitative estimate of drug-likeness (QED) is 0.373. The monoisotopic (exact) mass is 471 g/mol. The third-order valence-electron chi connectivity index (χ3n) is 5.79. The van der Waals surface area contributed by atoms with Crippen LogP contribution < -0.4 is 10.6 Å². The number of anilines is 1. The van der Waals surface area contributed by atoms with E-state index in [9.17, 15) is 4.79 Å². The minimum atomic E-state index is -0.252. The summed E-state index contributed by atoms with van der Waals surface area (Å²) in [6.07, 6.45) is 0.988. The van der Waals surface area contributed by atoms with Crippen LogP contribution in [0.2, 0.25) is 0 Å². The molecule has 0 radical (unpaired) electrons. The molecule has 0 unspecified atom stereocenters. The van der Waals surface area contributed by atoms with E-state index in [-0.39, 0.29) is 16.4 Å². The molecule has 2 N–H and O–H groups in total. The molecule has 0 fully saturated rings. The number of carbonyl (C=O) groups is 1. The van der Waals surface area contributed by atoms with Crippen molar-refractivity contribution in [1.29, 1.82) is 0 Å². The largest absolute Gasteiger partial charge is 0.332 e. The number of carbonyl (C=O) groups excluding carboxylic acids is 1. The second kappa shape index (κ2) is 9.35. The van der Waals surface area contributed by atoms with E-state index in [4.69, 9.17) is 12.2 Å². The summed E-state index contributed by atoms with van der Waals surface area (Å²) in [7, 11) is 0. The molecule has 0 aliphatic carbocycles. The van der Waals surface area contributed by atoms with Crippen LogP contribution in [0.5, 0.6) is 0 Å². The van der Waals surface area contributed by atoms with Crippen molar-refractivity contribution in [2.24, 2.45) is 0 Å². The topological polar surface area (TPSA) is 71.8 Å². The summed E-state index contributed by atoms with van der Waals surface area (Å²) >= 11 is 5.40. The number of hydrogen-bond acceptors (Lipinski definition) is 4. The zero-order valence-corrected chi connectivity index (χ0v) is 21.0. The second-order valence-corrected chi connectivity index (χ2v) is 9.81. The first-order chi connectivity index (χ1) is 16.1. The summed E-state index contributed by atoms with van der Waals surface area (Å²) in [5.41, 5.74) is 7.18. The summed E-state index contributed by atoms with van der Waals surface area (Å²) in [4.78, 5) is 14.3. The van der Waals surface area contributed by atoms with Crippen LogP contribution in [0.4, 0.5) is 5.69 Å². The lowest BCUT2D eigenvalue weighted by Gasteiger charge is -2.19. The number of thiocarbonyl (C=S) groups is 1. The fraction of sp³-hybridized carbons (Fsp3) is 0.259. The molecule has 0 saturated carbocycles.